The molecule has 3 atom stereocenters. The zero-order valence-corrected chi connectivity index (χ0v) is 22.5. The minimum Gasteiger partial charge on any atom is -0.477 e. The van der Waals surface area contributed by atoms with Crippen molar-refractivity contribution in [2.75, 3.05) is 17.3 Å². The summed E-state index contributed by atoms with van der Waals surface area (Å²) in [6.07, 6.45) is 1.67. The minimum atomic E-state index is -1.48. The number of aliphatic carboxylic acids is 1. The molecule has 2 N–H and O–H groups in total. The topological polar surface area (TPSA) is 117 Å². The largest absolute Gasteiger partial charge is 0.477 e. The van der Waals surface area contributed by atoms with Crippen LogP contribution in [0.5, 0.6) is 0 Å². The van der Waals surface area contributed by atoms with Gasteiger partial charge in [0.2, 0.25) is 5.91 Å². The van der Waals surface area contributed by atoms with E-state index in [1.165, 1.54) is 28.0 Å². The van der Waals surface area contributed by atoms with Crippen molar-refractivity contribution < 1.29 is 23.7 Å². The smallest absolute Gasteiger partial charge is 0.352 e. The average molecular weight is 558 g/mol. The number of hydrogen-bond acceptors (Lipinski definition) is 9. The highest BCUT2D eigenvalue weighted by molar-refractivity contribution is 8.02. The third-order valence-corrected chi connectivity index (χ3v) is 11.9. The van der Waals surface area contributed by atoms with E-state index in [0.29, 0.717) is 21.3 Å². The van der Waals surface area contributed by atoms with Crippen LogP contribution < -0.4 is 5.32 Å². The fraction of sp³-hybridized carbons (Fsp3) is 0.429. The average Bonchev–Trinajstić information content (AvgIpc) is 3.50. The quantitative estimate of drug-likeness (QED) is 0.338. The van der Waals surface area contributed by atoms with Gasteiger partial charge in [-0.15, -0.1) is 46.2 Å². The van der Waals surface area contributed by atoms with Crippen LogP contribution in [-0.4, -0.2) is 65.7 Å². The summed E-state index contributed by atoms with van der Waals surface area (Å²) in [6.45, 7) is 4.10. The Kier molecular flexibility index (Phi) is 8.18. The summed E-state index contributed by atoms with van der Waals surface area (Å²) < 4.78 is 14.0. The Balaban J connectivity index is 1.43. The van der Waals surface area contributed by atoms with Crippen molar-refractivity contribution >= 4 is 74.8 Å². The molecule has 182 valence electrons. The van der Waals surface area contributed by atoms with Gasteiger partial charge in [-0.3, -0.25) is 18.7 Å². The lowest BCUT2D eigenvalue weighted by Crippen LogP contribution is -2.70. The van der Waals surface area contributed by atoms with E-state index < -0.39 is 40.0 Å². The molecule has 0 saturated carbocycles. The van der Waals surface area contributed by atoms with E-state index in [2.05, 4.69) is 17.2 Å². The summed E-state index contributed by atoms with van der Waals surface area (Å²) >= 11 is 5.94. The van der Waals surface area contributed by atoms with E-state index in [1.54, 1.807) is 40.6 Å². The lowest BCUT2D eigenvalue weighted by atomic mass is 10.0. The van der Waals surface area contributed by atoms with E-state index in [4.69, 9.17) is 0 Å². The lowest BCUT2D eigenvalue weighted by molar-refractivity contribution is -0.150. The van der Waals surface area contributed by atoms with Crippen molar-refractivity contribution in [2.45, 2.75) is 46.5 Å². The maximum atomic E-state index is 12.8. The number of aromatic nitrogens is 1. The second kappa shape index (κ2) is 10.9. The highest BCUT2D eigenvalue weighted by atomic mass is 32.2. The van der Waals surface area contributed by atoms with Crippen LogP contribution in [0.1, 0.15) is 24.5 Å². The van der Waals surface area contributed by atoms with E-state index in [-0.39, 0.29) is 11.4 Å². The first kappa shape index (κ1) is 25.4. The Bertz CT molecular complexity index is 1160. The van der Waals surface area contributed by atoms with Gasteiger partial charge in [0.05, 0.1) is 29.9 Å². The number of nitrogens with zero attached hydrogens (tertiary/aromatic N) is 2. The fourth-order valence-corrected chi connectivity index (χ4v) is 9.43. The molecule has 2 aliphatic rings. The van der Waals surface area contributed by atoms with Crippen LogP contribution in [0.15, 0.2) is 37.2 Å². The molecular formula is C21H23N3O5S5. The number of carbonyl (C=O) groups excluding carboxylic acids is 2. The fourth-order valence-electron chi connectivity index (χ4n) is 3.62. The summed E-state index contributed by atoms with van der Waals surface area (Å²) in [5.41, 5.74) is 1.71. The Morgan fingerprint density at radius 2 is 2.15 bits per heavy atom. The number of thiazole rings is 1. The molecule has 2 unspecified atom stereocenters. The Hall–Kier alpha value is -1.67. The van der Waals surface area contributed by atoms with E-state index in [1.807, 2.05) is 6.92 Å². The van der Waals surface area contributed by atoms with Crippen molar-refractivity contribution in [2.24, 2.45) is 0 Å². The number of β-lactam (4-membered cyclic amide) rings is 1. The SMILES string of the molecule is CCc1nc(CC)c(SCC2=C(C(=O)O)N3C(=O)C(NC(=O)CS(=O)c4cccs4)[C@@H]3SC2)s1. The molecule has 2 aromatic rings. The number of carboxylic acids is 1. The molecule has 2 aromatic heterocycles. The van der Waals surface area contributed by atoms with Gasteiger partial charge in [-0.05, 0) is 29.9 Å². The van der Waals surface area contributed by atoms with Gasteiger partial charge >= 0.3 is 5.97 Å². The van der Waals surface area contributed by atoms with E-state index in [9.17, 15) is 23.7 Å². The molecule has 0 aromatic carbocycles. The Morgan fingerprint density at radius 3 is 2.79 bits per heavy atom. The summed E-state index contributed by atoms with van der Waals surface area (Å²) in [6, 6.07) is 2.64. The number of hydrogen-bond donors (Lipinski definition) is 2. The molecule has 1 fully saturated rings. The summed E-state index contributed by atoms with van der Waals surface area (Å²) in [7, 11) is -1.48. The lowest BCUT2D eigenvalue weighted by Gasteiger charge is -2.49. The molecule has 4 rings (SSSR count). The van der Waals surface area contributed by atoms with Crippen molar-refractivity contribution in [3.8, 4) is 0 Å². The normalized spacial score (nSPS) is 20.6. The number of rotatable bonds is 10. The zero-order valence-electron chi connectivity index (χ0n) is 18.4. The van der Waals surface area contributed by atoms with Crippen LogP contribution in [0.2, 0.25) is 0 Å². The number of carbonyl (C=O) groups is 3. The van der Waals surface area contributed by atoms with Gasteiger partial charge in [0.1, 0.15) is 22.9 Å². The van der Waals surface area contributed by atoms with Gasteiger partial charge in [0.25, 0.3) is 5.91 Å². The van der Waals surface area contributed by atoms with Crippen molar-refractivity contribution in [1.29, 1.82) is 0 Å². The molecule has 4 heterocycles. The molecule has 8 nitrogen and oxygen atoms in total. The molecule has 0 radical (unpaired) electrons. The Labute approximate surface area is 216 Å². The van der Waals surface area contributed by atoms with Crippen LogP contribution in [0.4, 0.5) is 0 Å². The van der Waals surface area contributed by atoms with Gasteiger partial charge in [-0.1, -0.05) is 19.9 Å². The van der Waals surface area contributed by atoms with E-state index in [0.717, 1.165) is 27.8 Å². The monoisotopic (exact) mass is 557 g/mol. The molecule has 13 heteroatoms. The molecule has 2 aliphatic heterocycles. The van der Waals surface area contributed by atoms with Crippen molar-refractivity contribution in [3.05, 3.63) is 39.5 Å². The predicted octanol–water partition coefficient (Wildman–Crippen LogP) is 2.97. The van der Waals surface area contributed by atoms with Crippen LogP contribution in [0, 0.1) is 0 Å². The number of amides is 2. The molecule has 0 spiro atoms. The molecular weight excluding hydrogens is 535 g/mol. The second-order valence-corrected chi connectivity index (χ2v) is 13.5. The van der Waals surface area contributed by atoms with E-state index >= 15 is 0 Å². The third kappa shape index (κ3) is 5.13. The zero-order chi connectivity index (χ0) is 24.4. The predicted molar refractivity (Wildman–Crippen MR) is 137 cm³/mol. The standard InChI is InChI=1S/C21H23N3O5S5/c1-3-12-21(33-14(4-2)22-12)32-9-11-8-31-19-16(18(26)24(19)17(11)20(27)28)23-13(25)10-34(29)15-6-5-7-30-15/h5-7,16,19H,3-4,8-10H2,1-2H3,(H,23,25)(H,27,28)/t16?,19-,34?/m0/s1. The molecule has 0 bridgehead atoms. The first-order valence-electron chi connectivity index (χ1n) is 10.6. The summed E-state index contributed by atoms with van der Waals surface area (Å²) in [4.78, 5) is 43.2. The van der Waals surface area contributed by atoms with Crippen LogP contribution in [-0.2, 0) is 38.0 Å². The molecule has 2 amide bonds. The van der Waals surface area contributed by atoms with Crippen LogP contribution in [0.3, 0.4) is 0 Å². The summed E-state index contributed by atoms with van der Waals surface area (Å²) in [5, 5.41) is 14.9. The number of fused-ring (bicyclic) bond motifs is 1. The number of aryl methyl sites for hydroxylation is 2. The Morgan fingerprint density at radius 1 is 1.35 bits per heavy atom. The van der Waals surface area contributed by atoms with Crippen LogP contribution in [0.25, 0.3) is 0 Å². The first-order chi connectivity index (χ1) is 16.3. The highest BCUT2D eigenvalue weighted by Crippen LogP contribution is 2.42. The van der Waals surface area contributed by atoms with Gasteiger partial charge in [-0.2, -0.15) is 0 Å². The van der Waals surface area contributed by atoms with Gasteiger partial charge < -0.3 is 10.4 Å². The number of nitrogens with one attached hydrogen (secondary N) is 1. The maximum Gasteiger partial charge on any atom is 0.352 e. The number of thiophene rings is 1. The number of thioether (sulfide) groups is 2. The molecule has 1 saturated heterocycles. The molecule has 0 aliphatic carbocycles. The second-order valence-electron chi connectivity index (χ2n) is 7.47. The first-order valence-corrected chi connectivity index (χ1v) is 15.6. The van der Waals surface area contributed by atoms with Crippen molar-refractivity contribution in [1.82, 2.24) is 15.2 Å². The van der Waals surface area contributed by atoms with Gasteiger partial charge in [0, 0.05) is 11.5 Å². The highest BCUT2D eigenvalue weighted by Gasteiger charge is 2.54. The van der Waals surface area contributed by atoms with Gasteiger partial charge in [0.15, 0.2) is 0 Å². The van der Waals surface area contributed by atoms with Crippen LogP contribution >= 0.6 is 46.2 Å². The summed E-state index contributed by atoms with van der Waals surface area (Å²) in [5.74, 6) is -1.41. The molecule has 34 heavy (non-hydrogen) atoms. The van der Waals surface area contributed by atoms with Gasteiger partial charge in [-0.25, -0.2) is 9.78 Å². The maximum absolute atomic E-state index is 12.8. The third-order valence-electron chi connectivity index (χ3n) is 5.27. The minimum absolute atomic E-state index is 0.00666. The van der Waals surface area contributed by atoms with Crippen molar-refractivity contribution in [3.63, 3.8) is 0 Å². The number of carboxylic acid groups (broad SMARTS) is 1.